The highest BCUT2D eigenvalue weighted by Gasteiger charge is 2.14. The first-order valence-electron chi connectivity index (χ1n) is 6.20. The van der Waals surface area contributed by atoms with Gasteiger partial charge in [0.1, 0.15) is 0 Å². The normalized spacial score (nSPS) is 10.2. The molecule has 0 radical (unpaired) electrons. The summed E-state index contributed by atoms with van der Waals surface area (Å²) in [4.78, 5) is 23.8. The quantitative estimate of drug-likeness (QED) is 0.423. The minimum atomic E-state index is -0.648. The number of alkyl halides is 2. The van der Waals surface area contributed by atoms with Gasteiger partial charge in [-0.2, -0.15) is 0 Å². The molecule has 0 aliphatic rings. The average molecular weight is 412 g/mol. The van der Waals surface area contributed by atoms with Crippen LogP contribution in [-0.2, 0) is 15.4 Å². The summed E-state index contributed by atoms with van der Waals surface area (Å²) in [5.41, 5.74) is 2.79. The second kappa shape index (κ2) is 7.52. The van der Waals surface area contributed by atoms with Crippen LogP contribution in [0.1, 0.15) is 31.8 Å². The van der Waals surface area contributed by atoms with Crippen LogP contribution >= 0.6 is 31.9 Å². The second-order valence-electron chi connectivity index (χ2n) is 4.34. The van der Waals surface area contributed by atoms with Crippen molar-refractivity contribution >= 4 is 43.8 Å². The Kier molecular flexibility index (Phi) is 5.70. The molecule has 0 atom stereocenters. The Hall–Kier alpha value is -1.46. The number of carbonyl (C=O) groups excluding carboxylic acids is 2. The van der Waals surface area contributed by atoms with Crippen molar-refractivity contribution in [2.24, 2.45) is 0 Å². The number of halogens is 2. The third-order valence-corrected chi connectivity index (χ3v) is 4.17. The number of carbonyl (C=O) groups is 2. The summed E-state index contributed by atoms with van der Waals surface area (Å²) in [6.07, 6.45) is 0. The standard InChI is InChI=1S/C16H12Br2O3/c17-9-11-1-5-13(6-2-11)15(19)21-16(20)14-7-3-12(10-18)4-8-14/h1-8H,9-10H2. The lowest BCUT2D eigenvalue weighted by molar-refractivity contribution is 0.0398. The molecule has 0 unspecified atom stereocenters. The number of ether oxygens (including phenoxy) is 1. The van der Waals surface area contributed by atoms with E-state index in [1.807, 2.05) is 0 Å². The zero-order chi connectivity index (χ0) is 15.2. The maximum atomic E-state index is 11.9. The van der Waals surface area contributed by atoms with E-state index in [0.29, 0.717) is 21.8 Å². The van der Waals surface area contributed by atoms with E-state index in [9.17, 15) is 9.59 Å². The fraction of sp³-hybridized carbons (Fsp3) is 0.125. The highest BCUT2D eigenvalue weighted by Crippen LogP contribution is 2.12. The van der Waals surface area contributed by atoms with E-state index in [1.54, 1.807) is 48.5 Å². The largest absolute Gasteiger partial charge is 0.386 e. The van der Waals surface area contributed by atoms with Crippen LogP contribution in [0.5, 0.6) is 0 Å². The molecule has 108 valence electrons. The molecule has 0 bridgehead atoms. The van der Waals surface area contributed by atoms with Crippen LogP contribution < -0.4 is 0 Å². The monoisotopic (exact) mass is 410 g/mol. The van der Waals surface area contributed by atoms with Crippen LogP contribution in [-0.4, -0.2) is 11.9 Å². The van der Waals surface area contributed by atoms with Crippen molar-refractivity contribution in [1.29, 1.82) is 0 Å². The van der Waals surface area contributed by atoms with Gasteiger partial charge in [0.05, 0.1) is 11.1 Å². The number of hydrogen-bond donors (Lipinski definition) is 0. The van der Waals surface area contributed by atoms with Crippen molar-refractivity contribution in [1.82, 2.24) is 0 Å². The molecule has 2 rings (SSSR count). The Morgan fingerprint density at radius 1 is 0.714 bits per heavy atom. The second-order valence-corrected chi connectivity index (χ2v) is 5.46. The summed E-state index contributed by atoms with van der Waals surface area (Å²) < 4.78 is 4.87. The summed E-state index contributed by atoms with van der Waals surface area (Å²) in [6.45, 7) is 0. The van der Waals surface area contributed by atoms with E-state index in [-0.39, 0.29) is 0 Å². The summed E-state index contributed by atoms with van der Waals surface area (Å²) in [5.74, 6) is -1.30. The van der Waals surface area contributed by atoms with Gasteiger partial charge in [-0.3, -0.25) is 0 Å². The molecule has 5 heteroatoms. The third-order valence-electron chi connectivity index (χ3n) is 2.87. The fourth-order valence-electron chi connectivity index (χ4n) is 1.66. The van der Waals surface area contributed by atoms with E-state index in [1.165, 1.54) is 0 Å². The Morgan fingerprint density at radius 3 is 1.33 bits per heavy atom. The highest BCUT2D eigenvalue weighted by molar-refractivity contribution is 9.08. The van der Waals surface area contributed by atoms with Crippen molar-refractivity contribution in [2.45, 2.75) is 10.7 Å². The predicted octanol–water partition coefficient (Wildman–Crippen LogP) is 4.47. The molecular formula is C16H12Br2O3. The molecule has 0 aliphatic carbocycles. The highest BCUT2D eigenvalue weighted by atomic mass is 79.9. The van der Waals surface area contributed by atoms with Gasteiger partial charge in [0, 0.05) is 10.7 Å². The van der Waals surface area contributed by atoms with E-state index in [2.05, 4.69) is 31.9 Å². The van der Waals surface area contributed by atoms with Crippen LogP contribution in [0.4, 0.5) is 0 Å². The Bertz CT molecular complexity index is 576. The van der Waals surface area contributed by atoms with Crippen molar-refractivity contribution in [3.63, 3.8) is 0 Å². The summed E-state index contributed by atoms with van der Waals surface area (Å²) in [7, 11) is 0. The summed E-state index contributed by atoms with van der Waals surface area (Å²) in [5, 5.41) is 1.42. The minimum absolute atomic E-state index is 0.352. The van der Waals surface area contributed by atoms with Gasteiger partial charge in [0.15, 0.2) is 0 Å². The SMILES string of the molecule is O=C(OC(=O)c1ccc(CBr)cc1)c1ccc(CBr)cc1. The van der Waals surface area contributed by atoms with Crippen molar-refractivity contribution in [3.05, 3.63) is 70.8 Å². The number of rotatable bonds is 4. The molecule has 0 aliphatic heterocycles. The van der Waals surface area contributed by atoms with Gasteiger partial charge >= 0.3 is 11.9 Å². The lowest BCUT2D eigenvalue weighted by Gasteiger charge is -2.04. The molecule has 0 fully saturated rings. The zero-order valence-electron chi connectivity index (χ0n) is 11.0. The molecular weight excluding hydrogens is 400 g/mol. The molecule has 0 spiro atoms. The van der Waals surface area contributed by atoms with Crippen molar-refractivity contribution < 1.29 is 14.3 Å². The predicted molar refractivity (Wildman–Crippen MR) is 87.9 cm³/mol. The minimum Gasteiger partial charge on any atom is -0.386 e. The first-order valence-corrected chi connectivity index (χ1v) is 8.44. The summed E-state index contributed by atoms with van der Waals surface area (Å²) in [6, 6.07) is 13.8. The first kappa shape index (κ1) is 15.9. The Balaban J connectivity index is 2.05. The molecule has 0 N–H and O–H groups in total. The van der Waals surface area contributed by atoms with Gasteiger partial charge in [0.2, 0.25) is 0 Å². The number of benzene rings is 2. The smallest absolute Gasteiger partial charge is 0.346 e. The van der Waals surface area contributed by atoms with Crippen LogP contribution in [0.2, 0.25) is 0 Å². The first-order chi connectivity index (χ1) is 10.1. The molecule has 0 amide bonds. The van der Waals surface area contributed by atoms with Crippen molar-refractivity contribution in [2.75, 3.05) is 0 Å². The zero-order valence-corrected chi connectivity index (χ0v) is 14.2. The van der Waals surface area contributed by atoms with Crippen LogP contribution in [0.3, 0.4) is 0 Å². The molecule has 2 aromatic rings. The van der Waals surface area contributed by atoms with Gasteiger partial charge in [-0.25, -0.2) is 9.59 Å². The van der Waals surface area contributed by atoms with Crippen LogP contribution in [0.25, 0.3) is 0 Å². The summed E-state index contributed by atoms with van der Waals surface area (Å²) >= 11 is 6.66. The molecule has 2 aromatic carbocycles. The Morgan fingerprint density at radius 2 is 1.05 bits per heavy atom. The van der Waals surface area contributed by atoms with E-state index >= 15 is 0 Å². The molecule has 0 saturated heterocycles. The lowest BCUT2D eigenvalue weighted by atomic mass is 10.1. The van der Waals surface area contributed by atoms with Crippen LogP contribution in [0, 0.1) is 0 Å². The van der Waals surface area contributed by atoms with E-state index < -0.39 is 11.9 Å². The van der Waals surface area contributed by atoms with Gasteiger partial charge in [-0.15, -0.1) is 0 Å². The Labute approximate surface area is 139 Å². The van der Waals surface area contributed by atoms with Crippen molar-refractivity contribution in [3.8, 4) is 0 Å². The fourth-order valence-corrected chi connectivity index (χ4v) is 2.41. The lowest BCUT2D eigenvalue weighted by Crippen LogP contribution is -2.12. The van der Waals surface area contributed by atoms with Gasteiger partial charge in [-0.05, 0) is 35.4 Å². The van der Waals surface area contributed by atoms with Gasteiger partial charge < -0.3 is 4.74 Å². The molecule has 0 aromatic heterocycles. The topological polar surface area (TPSA) is 43.4 Å². The molecule has 0 saturated carbocycles. The third kappa shape index (κ3) is 4.25. The maximum absolute atomic E-state index is 11.9. The van der Waals surface area contributed by atoms with Gasteiger partial charge in [0.25, 0.3) is 0 Å². The average Bonchev–Trinajstić information content (AvgIpc) is 2.55. The number of esters is 2. The maximum Gasteiger partial charge on any atom is 0.346 e. The number of hydrogen-bond acceptors (Lipinski definition) is 3. The molecule has 3 nitrogen and oxygen atoms in total. The van der Waals surface area contributed by atoms with Gasteiger partial charge in [-0.1, -0.05) is 56.1 Å². The van der Waals surface area contributed by atoms with E-state index in [0.717, 1.165) is 11.1 Å². The molecule has 0 heterocycles. The van der Waals surface area contributed by atoms with E-state index in [4.69, 9.17) is 4.74 Å². The van der Waals surface area contributed by atoms with Crippen LogP contribution in [0.15, 0.2) is 48.5 Å². The molecule has 21 heavy (non-hydrogen) atoms.